The molecule has 1 saturated heterocycles. The molecule has 1 aliphatic heterocycles. The van der Waals surface area contributed by atoms with Gasteiger partial charge in [-0.3, -0.25) is 9.00 Å². The highest BCUT2D eigenvalue weighted by atomic mass is 32.2. The summed E-state index contributed by atoms with van der Waals surface area (Å²) >= 11 is 0. The van der Waals surface area contributed by atoms with Gasteiger partial charge in [-0.25, -0.2) is 4.68 Å². The van der Waals surface area contributed by atoms with Gasteiger partial charge in [0.2, 0.25) is 0 Å². The maximum Gasteiger partial charge on any atom is 0.423 e. The second kappa shape index (κ2) is 5.65. The summed E-state index contributed by atoms with van der Waals surface area (Å²) in [7, 11) is -1.95. The van der Waals surface area contributed by atoms with Crippen molar-refractivity contribution in [3.8, 4) is 0 Å². The lowest BCUT2D eigenvalue weighted by Crippen LogP contribution is -2.36. The van der Waals surface area contributed by atoms with Crippen LogP contribution >= 0.6 is 0 Å². The molecule has 0 radical (unpaired) electrons. The van der Waals surface area contributed by atoms with Gasteiger partial charge in [0.05, 0.1) is 21.9 Å². The van der Waals surface area contributed by atoms with Crippen molar-refractivity contribution in [3.05, 3.63) is 22.1 Å². The molecule has 1 aromatic rings. The third-order valence-electron chi connectivity index (χ3n) is 2.99. The van der Waals surface area contributed by atoms with E-state index in [1.807, 2.05) is 0 Å². The molecule has 2 rings (SSSR count). The molecule has 0 amide bonds. The first-order valence-electron chi connectivity index (χ1n) is 5.96. The van der Waals surface area contributed by atoms with E-state index < -0.39 is 39.2 Å². The Bertz CT molecular complexity index is 579. The molecule has 20 heavy (non-hydrogen) atoms. The third kappa shape index (κ3) is 2.93. The Labute approximate surface area is 115 Å². The first kappa shape index (κ1) is 15.2. The summed E-state index contributed by atoms with van der Waals surface area (Å²) in [4.78, 5) is 11.4. The monoisotopic (exact) mass is 310 g/mol. The number of ether oxygens (including phenoxy) is 1. The van der Waals surface area contributed by atoms with Crippen LogP contribution in [0.15, 0.2) is 15.9 Å². The maximum absolute atomic E-state index is 13.0. The maximum atomic E-state index is 13.0. The Kier molecular flexibility index (Phi) is 4.28. The van der Waals surface area contributed by atoms with Crippen molar-refractivity contribution in [1.29, 1.82) is 0 Å². The van der Waals surface area contributed by atoms with Crippen molar-refractivity contribution in [1.82, 2.24) is 9.78 Å². The summed E-state index contributed by atoms with van der Waals surface area (Å²) in [6, 6.07) is 0. The molecule has 0 aromatic carbocycles. The summed E-state index contributed by atoms with van der Waals surface area (Å²) in [5.41, 5.74) is -2.74. The van der Waals surface area contributed by atoms with Gasteiger partial charge in [0.1, 0.15) is 5.56 Å². The highest BCUT2D eigenvalue weighted by Gasteiger charge is 2.39. The van der Waals surface area contributed by atoms with Crippen molar-refractivity contribution >= 4 is 10.8 Å². The first-order chi connectivity index (χ1) is 9.32. The number of alkyl halides is 3. The molecule has 5 nitrogen and oxygen atoms in total. The largest absolute Gasteiger partial charge is 0.423 e. The number of aromatic nitrogens is 2. The van der Waals surface area contributed by atoms with Gasteiger partial charge in [-0.2, -0.15) is 18.3 Å². The van der Waals surface area contributed by atoms with E-state index >= 15 is 0 Å². The Hall–Kier alpha value is -1.22. The minimum absolute atomic E-state index is 0.377. The van der Waals surface area contributed by atoms with Crippen molar-refractivity contribution in [2.45, 2.75) is 36.6 Å². The molecule has 1 aliphatic rings. The van der Waals surface area contributed by atoms with E-state index in [2.05, 4.69) is 5.10 Å². The van der Waals surface area contributed by atoms with Crippen LogP contribution in [0.3, 0.4) is 0 Å². The van der Waals surface area contributed by atoms with Crippen LogP contribution in [0.5, 0.6) is 0 Å². The Morgan fingerprint density at radius 1 is 1.45 bits per heavy atom. The van der Waals surface area contributed by atoms with Gasteiger partial charge in [-0.05, 0) is 19.3 Å². The van der Waals surface area contributed by atoms with Crippen LogP contribution in [0.1, 0.15) is 31.1 Å². The van der Waals surface area contributed by atoms with Crippen molar-refractivity contribution in [2.75, 3.05) is 12.9 Å². The number of hydrogen-bond donors (Lipinski definition) is 0. The van der Waals surface area contributed by atoms with E-state index in [0.29, 0.717) is 17.7 Å². The molecule has 0 spiro atoms. The highest BCUT2D eigenvalue weighted by molar-refractivity contribution is 7.84. The predicted octanol–water partition coefficient (Wildman–Crippen LogP) is 1.70. The molecule has 112 valence electrons. The van der Waals surface area contributed by atoms with E-state index in [0.717, 1.165) is 25.3 Å². The van der Waals surface area contributed by atoms with Crippen LogP contribution in [0.4, 0.5) is 13.2 Å². The lowest BCUT2D eigenvalue weighted by Gasteiger charge is -2.24. The van der Waals surface area contributed by atoms with Gasteiger partial charge in [-0.15, -0.1) is 0 Å². The third-order valence-corrected chi connectivity index (χ3v) is 3.92. The van der Waals surface area contributed by atoms with E-state index in [4.69, 9.17) is 4.74 Å². The summed E-state index contributed by atoms with van der Waals surface area (Å²) < 4.78 is 56.3. The predicted molar refractivity (Wildman–Crippen MR) is 64.7 cm³/mol. The van der Waals surface area contributed by atoms with E-state index in [1.54, 1.807) is 0 Å². The van der Waals surface area contributed by atoms with Crippen LogP contribution < -0.4 is 5.56 Å². The zero-order chi connectivity index (χ0) is 14.9. The molecule has 2 heterocycles. The van der Waals surface area contributed by atoms with Crippen molar-refractivity contribution < 1.29 is 22.1 Å². The topological polar surface area (TPSA) is 61.2 Å². The van der Waals surface area contributed by atoms with E-state index in [1.165, 1.54) is 0 Å². The van der Waals surface area contributed by atoms with Crippen LogP contribution in [-0.2, 0) is 21.7 Å². The summed E-state index contributed by atoms with van der Waals surface area (Å²) in [5.74, 6) is 0. The molecule has 1 fully saturated rings. The first-order valence-corrected chi connectivity index (χ1v) is 7.52. The van der Waals surface area contributed by atoms with Crippen LogP contribution in [0.2, 0.25) is 0 Å². The smallest absolute Gasteiger partial charge is 0.356 e. The zero-order valence-corrected chi connectivity index (χ0v) is 11.5. The standard InChI is InChI=1S/C11H13F3N2O3S/c1-20(18)7-6-15-16(8-4-2-3-5-19-8)10(17)9(7)11(12,13)14/h6,8H,2-5H2,1H3. The van der Waals surface area contributed by atoms with Crippen molar-refractivity contribution in [2.24, 2.45) is 0 Å². The fourth-order valence-corrected chi connectivity index (χ4v) is 2.74. The van der Waals surface area contributed by atoms with Crippen LogP contribution in [0, 0.1) is 0 Å². The number of rotatable bonds is 2. The molecule has 9 heteroatoms. The second-order valence-electron chi connectivity index (χ2n) is 4.41. The zero-order valence-electron chi connectivity index (χ0n) is 10.6. The number of hydrogen-bond acceptors (Lipinski definition) is 4. The molecular formula is C11H13F3N2O3S. The van der Waals surface area contributed by atoms with Gasteiger partial charge in [0, 0.05) is 12.9 Å². The number of halogens is 3. The summed E-state index contributed by atoms with van der Waals surface area (Å²) in [6.07, 6.45) is -1.78. The minimum atomic E-state index is -4.88. The lowest BCUT2D eigenvalue weighted by molar-refractivity contribution is -0.142. The lowest BCUT2D eigenvalue weighted by atomic mass is 10.2. The SMILES string of the molecule is CS(=O)c1cnn(C2CCCCO2)c(=O)c1C(F)(F)F. The van der Waals surface area contributed by atoms with E-state index in [-0.39, 0.29) is 0 Å². The molecule has 0 aliphatic carbocycles. The molecule has 1 aromatic heterocycles. The number of nitrogens with zero attached hydrogens (tertiary/aromatic N) is 2. The fourth-order valence-electron chi connectivity index (χ4n) is 2.05. The quantitative estimate of drug-likeness (QED) is 0.834. The fraction of sp³-hybridized carbons (Fsp3) is 0.636. The molecule has 2 atom stereocenters. The van der Waals surface area contributed by atoms with Gasteiger partial charge < -0.3 is 4.74 Å². The molecule has 0 saturated carbocycles. The molecular weight excluding hydrogens is 297 g/mol. The second-order valence-corrected chi connectivity index (χ2v) is 5.75. The Morgan fingerprint density at radius 3 is 2.65 bits per heavy atom. The van der Waals surface area contributed by atoms with Crippen molar-refractivity contribution in [3.63, 3.8) is 0 Å². The molecule has 0 bridgehead atoms. The molecule has 2 unspecified atom stereocenters. The average Bonchev–Trinajstić information content (AvgIpc) is 2.37. The average molecular weight is 310 g/mol. The van der Waals surface area contributed by atoms with Crippen LogP contribution in [0.25, 0.3) is 0 Å². The van der Waals surface area contributed by atoms with Gasteiger partial charge >= 0.3 is 6.18 Å². The molecule has 0 N–H and O–H groups in total. The minimum Gasteiger partial charge on any atom is -0.356 e. The normalized spacial score (nSPS) is 21.7. The van der Waals surface area contributed by atoms with Crippen LogP contribution in [-0.4, -0.2) is 26.9 Å². The van der Waals surface area contributed by atoms with E-state index in [9.17, 15) is 22.2 Å². The van der Waals surface area contributed by atoms with Gasteiger partial charge in [-0.1, -0.05) is 0 Å². The van der Waals surface area contributed by atoms with Gasteiger partial charge in [0.15, 0.2) is 6.23 Å². The summed E-state index contributed by atoms with van der Waals surface area (Å²) in [6.45, 7) is 0.377. The summed E-state index contributed by atoms with van der Waals surface area (Å²) in [5, 5.41) is 3.68. The Morgan fingerprint density at radius 2 is 2.15 bits per heavy atom. The Balaban J connectivity index is 2.57. The van der Waals surface area contributed by atoms with Gasteiger partial charge in [0.25, 0.3) is 5.56 Å². The highest BCUT2D eigenvalue weighted by Crippen LogP contribution is 2.31.